The maximum atomic E-state index is 10.8. The highest BCUT2D eigenvalue weighted by atomic mass is 16.3. The van der Waals surface area contributed by atoms with Gasteiger partial charge in [-0.2, -0.15) is 0 Å². The Labute approximate surface area is 93.5 Å². The van der Waals surface area contributed by atoms with Crippen molar-refractivity contribution in [2.75, 3.05) is 6.54 Å². The van der Waals surface area contributed by atoms with Crippen molar-refractivity contribution in [1.29, 1.82) is 0 Å². The Morgan fingerprint density at radius 2 is 1.80 bits per heavy atom. The molecule has 2 nitrogen and oxygen atoms in total. The highest BCUT2D eigenvalue weighted by Gasteiger charge is 2.42. The third-order valence-electron chi connectivity index (χ3n) is 4.17. The Bertz CT molecular complexity index is 201. The lowest BCUT2D eigenvalue weighted by Gasteiger charge is -2.45. The molecule has 0 spiro atoms. The third kappa shape index (κ3) is 2.54. The molecule has 2 heteroatoms. The first-order chi connectivity index (χ1) is 7.10. The lowest BCUT2D eigenvalue weighted by molar-refractivity contribution is -0.0660. The zero-order valence-corrected chi connectivity index (χ0v) is 10.1. The van der Waals surface area contributed by atoms with Crippen LogP contribution < -0.4 is 5.32 Å². The molecular weight excluding hydrogens is 186 g/mol. The molecule has 1 aliphatic carbocycles. The van der Waals surface area contributed by atoms with Crippen molar-refractivity contribution in [1.82, 2.24) is 5.32 Å². The van der Waals surface area contributed by atoms with Gasteiger partial charge in [0.2, 0.25) is 0 Å². The SMILES string of the molecule is CC1CC(C)CC(O)(C2CCCCN2)C1. The van der Waals surface area contributed by atoms with E-state index in [1.165, 1.54) is 19.3 Å². The van der Waals surface area contributed by atoms with Crippen molar-refractivity contribution < 1.29 is 5.11 Å². The molecule has 1 heterocycles. The quantitative estimate of drug-likeness (QED) is 0.697. The van der Waals surface area contributed by atoms with E-state index >= 15 is 0 Å². The summed E-state index contributed by atoms with van der Waals surface area (Å²) in [5.41, 5.74) is -0.419. The average Bonchev–Trinajstić information content (AvgIpc) is 2.17. The van der Waals surface area contributed by atoms with Gasteiger partial charge in [-0.3, -0.25) is 0 Å². The fourth-order valence-corrected chi connectivity index (χ4v) is 3.74. The molecule has 3 atom stereocenters. The van der Waals surface area contributed by atoms with Crippen LogP contribution in [0.5, 0.6) is 0 Å². The first kappa shape index (κ1) is 11.4. The largest absolute Gasteiger partial charge is 0.388 e. The second kappa shape index (κ2) is 4.42. The molecule has 1 saturated carbocycles. The zero-order chi connectivity index (χ0) is 10.9. The van der Waals surface area contributed by atoms with Crippen LogP contribution >= 0.6 is 0 Å². The van der Waals surface area contributed by atoms with Crippen LogP contribution in [0.25, 0.3) is 0 Å². The molecule has 2 aliphatic rings. The molecule has 1 saturated heterocycles. The van der Waals surface area contributed by atoms with Gasteiger partial charge in [-0.1, -0.05) is 20.3 Å². The van der Waals surface area contributed by atoms with Crippen LogP contribution in [0.4, 0.5) is 0 Å². The van der Waals surface area contributed by atoms with Gasteiger partial charge in [-0.15, -0.1) is 0 Å². The summed E-state index contributed by atoms with van der Waals surface area (Å²) in [7, 11) is 0. The van der Waals surface area contributed by atoms with Gasteiger partial charge in [0.15, 0.2) is 0 Å². The number of nitrogens with one attached hydrogen (secondary N) is 1. The molecule has 0 aromatic carbocycles. The van der Waals surface area contributed by atoms with E-state index in [-0.39, 0.29) is 0 Å². The van der Waals surface area contributed by atoms with Crippen LogP contribution in [0, 0.1) is 11.8 Å². The molecule has 1 aliphatic heterocycles. The lowest BCUT2D eigenvalue weighted by atomic mass is 9.69. The molecule has 2 rings (SSSR count). The summed E-state index contributed by atoms with van der Waals surface area (Å²) in [5.74, 6) is 1.37. The van der Waals surface area contributed by atoms with Gasteiger partial charge < -0.3 is 10.4 Å². The molecule has 0 bridgehead atoms. The summed E-state index contributed by atoms with van der Waals surface area (Å²) < 4.78 is 0. The maximum Gasteiger partial charge on any atom is 0.0805 e. The molecule has 0 aromatic rings. The van der Waals surface area contributed by atoms with Gasteiger partial charge in [-0.25, -0.2) is 0 Å². The van der Waals surface area contributed by atoms with Gasteiger partial charge >= 0.3 is 0 Å². The molecule has 15 heavy (non-hydrogen) atoms. The Morgan fingerprint density at radius 1 is 1.13 bits per heavy atom. The van der Waals surface area contributed by atoms with Crippen LogP contribution in [0.1, 0.15) is 52.4 Å². The fraction of sp³-hybridized carbons (Fsp3) is 1.00. The van der Waals surface area contributed by atoms with Crippen molar-refractivity contribution in [3.8, 4) is 0 Å². The summed E-state index contributed by atoms with van der Waals surface area (Å²) in [6.45, 7) is 5.66. The number of hydrogen-bond donors (Lipinski definition) is 2. The summed E-state index contributed by atoms with van der Waals surface area (Å²) in [4.78, 5) is 0. The minimum Gasteiger partial charge on any atom is -0.388 e. The molecule has 0 aromatic heterocycles. The molecule has 0 amide bonds. The summed E-state index contributed by atoms with van der Waals surface area (Å²) >= 11 is 0. The molecule has 2 N–H and O–H groups in total. The number of hydrogen-bond acceptors (Lipinski definition) is 2. The Kier molecular flexibility index (Phi) is 3.36. The smallest absolute Gasteiger partial charge is 0.0805 e. The normalized spacial score (nSPS) is 47.8. The third-order valence-corrected chi connectivity index (χ3v) is 4.17. The molecule has 88 valence electrons. The van der Waals surface area contributed by atoms with Crippen molar-refractivity contribution >= 4 is 0 Å². The number of rotatable bonds is 1. The number of aliphatic hydroxyl groups is 1. The maximum absolute atomic E-state index is 10.8. The van der Waals surface area contributed by atoms with Crippen LogP contribution in [0.15, 0.2) is 0 Å². The lowest BCUT2D eigenvalue weighted by Crippen LogP contribution is -2.55. The minimum absolute atomic E-state index is 0.358. The van der Waals surface area contributed by atoms with E-state index in [9.17, 15) is 5.11 Å². The Balaban J connectivity index is 2.02. The average molecular weight is 211 g/mol. The van der Waals surface area contributed by atoms with E-state index in [2.05, 4.69) is 19.2 Å². The van der Waals surface area contributed by atoms with E-state index in [4.69, 9.17) is 0 Å². The predicted octanol–water partition coefficient (Wildman–Crippen LogP) is 2.32. The number of piperidine rings is 1. The highest BCUT2D eigenvalue weighted by molar-refractivity contribution is 4.98. The van der Waals surface area contributed by atoms with E-state index in [0.717, 1.165) is 25.8 Å². The van der Waals surface area contributed by atoms with Gasteiger partial charge in [0.25, 0.3) is 0 Å². The first-order valence-electron chi connectivity index (χ1n) is 6.56. The summed E-state index contributed by atoms with van der Waals surface area (Å²) in [5, 5.41) is 14.3. The van der Waals surface area contributed by atoms with Gasteiger partial charge in [0.05, 0.1) is 5.60 Å². The van der Waals surface area contributed by atoms with Crippen molar-refractivity contribution in [2.24, 2.45) is 11.8 Å². The standard InChI is InChI=1S/C13H25NO/c1-10-7-11(2)9-13(15,8-10)12-5-3-4-6-14-12/h10-12,14-15H,3-9H2,1-2H3. The molecule has 0 radical (unpaired) electrons. The summed E-state index contributed by atoms with van der Waals surface area (Å²) in [6, 6.07) is 0.358. The minimum atomic E-state index is -0.419. The van der Waals surface area contributed by atoms with Crippen molar-refractivity contribution in [3.05, 3.63) is 0 Å². The Hall–Kier alpha value is -0.0800. The van der Waals surface area contributed by atoms with E-state index in [0.29, 0.717) is 17.9 Å². The van der Waals surface area contributed by atoms with E-state index in [1.54, 1.807) is 0 Å². The van der Waals surface area contributed by atoms with Crippen LogP contribution in [-0.4, -0.2) is 23.3 Å². The van der Waals surface area contributed by atoms with Crippen molar-refractivity contribution in [2.45, 2.75) is 64.0 Å². The monoisotopic (exact) mass is 211 g/mol. The molecule has 2 fully saturated rings. The summed E-state index contributed by atoms with van der Waals surface area (Å²) in [6.07, 6.45) is 7.00. The van der Waals surface area contributed by atoms with Gasteiger partial charge in [0.1, 0.15) is 0 Å². The van der Waals surface area contributed by atoms with Crippen molar-refractivity contribution in [3.63, 3.8) is 0 Å². The fourth-order valence-electron chi connectivity index (χ4n) is 3.74. The van der Waals surface area contributed by atoms with Crippen LogP contribution in [0.2, 0.25) is 0 Å². The van der Waals surface area contributed by atoms with Gasteiger partial charge in [-0.05, 0) is 50.5 Å². The topological polar surface area (TPSA) is 32.3 Å². The highest BCUT2D eigenvalue weighted by Crippen LogP contribution is 2.39. The molecular formula is C13H25NO. The second-order valence-corrected chi connectivity index (χ2v) is 5.96. The van der Waals surface area contributed by atoms with E-state index < -0.39 is 5.60 Å². The molecule has 3 unspecified atom stereocenters. The first-order valence-corrected chi connectivity index (χ1v) is 6.56. The van der Waals surface area contributed by atoms with Gasteiger partial charge in [0, 0.05) is 6.04 Å². The predicted molar refractivity (Wildman–Crippen MR) is 62.8 cm³/mol. The zero-order valence-electron chi connectivity index (χ0n) is 10.1. The Morgan fingerprint density at radius 3 is 2.33 bits per heavy atom. The van der Waals surface area contributed by atoms with Crippen LogP contribution in [-0.2, 0) is 0 Å². The second-order valence-electron chi connectivity index (χ2n) is 5.96. The van der Waals surface area contributed by atoms with Crippen LogP contribution in [0.3, 0.4) is 0 Å². The van der Waals surface area contributed by atoms with E-state index in [1.807, 2.05) is 0 Å².